The third kappa shape index (κ3) is 7.03. The molecular weight excluding hydrogens is 456 g/mol. The number of hydrogen-bond acceptors (Lipinski definition) is 3. The number of hydrogen-bond donors (Lipinski definition) is 4. The van der Waals surface area contributed by atoms with E-state index in [0.29, 0.717) is 17.0 Å². The predicted molar refractivity (Wildman–Crippen MR) is 136 cm³/mol. The fraction of sp³-hybridized carbons (Fsp3) is 0.160. The average molecular weight is 481 g/mol. The van der Waals surface area contributed by atoms with Gasteiger partial charge in [-0.2, -0.15) is 0 Å². The van der Waals surface area contributed by atoms with Crippen molar-refractivity contribution < 1.29 is 9.59 Å². The SMILES string of the molecule is Cc1cccc(NC(=S)NNC(=O)C(Cc2ccccc2)NC(=O)c2ccc(Cl)cc2)c1C. The summed E-state index contributed by atoms with van der Waals surface area (Å²) in [6.07, 6.45) is 0.310. The molecule has 0 aliphatic carbocycles. The topological polar surface area (TPSA) is 82.3 Å². The quantitative estimate of drug-likeness (QED) is 0.312. The Balaban J connectivity index is 1.66. The van der Waals surface area contributed by atoms with Crippen molar-refractivity contribution in [2.75, 3.05) is 5.32 Å². The van der Waals surface area contributed by atoms with Gasteiger partial charge in [0.25, 0.3) is 11.8 Å². The van der Waals surface area contributed by atoms with Crippen molar-refractivity contribution in [1.82, 2.24) is 16.2 Å². The van der Waals surface area contributed by atoms with Crippen LogP contribution in [0.4, 0.5) is 5.69 Å². The lowest BCUT2D eigenvalue weighted by Crippen LogP contribution is -2.53. The van der Waals surface area contributed by atoms with Gasteiger partial charge >= 0.3 is 0 Å². The number of amides is 2. The second-order valence-electron chi connectivity index (χ2n) is 7.54. The first-order valence-electron chi connectivity index (χ1n) is 10.4. The Morgan fingerprint density at radius 2 is 1.61 bits per heavy atom. The van der Waals surface area contributed by atoms with Gasteiger partial charge in [0.05, 0.1) is 0 Å². The average Bonchev–Trinajstić information content (AvgIpc) is 2.81. The zero-order chi connectivity index (χ0) is 23.8. The van der Waals surface area contributed by atoms with Gasteiger partial charge in [0, 0.05) is 22.7 Å². The number of anilines is 1. The minimum Gasteiger partial charge on any atom is -0.340 e. The minimum atomic E-state index is -0.827. The molecule has 0 saturated carbocycles. The molecule has 4 N–H and O–H groups in total. The number of carbonyl (C=O) groups is 2. The van der Waals surface area contributed by atoms with Gasteiger partial charge in [0.1, 0.15) is 6.04 Å². The second-order valence-corrected chi connectivity index (χ2v) is 8.38. The Morgan fingerprint density at radius 1 is 0.909 bits per heavy atom. The number of benzene rings is 3. The molecule has 0 radical (unpaired) electrons. The summed E-state index contributed by atoms with van der Waals surface area (Å²) in [5, 5.41) is 6.63. The van der Waals surface area contributed by atoms with Crippen LogP contribution in [-0.2, 0) is 11.2 Å². The van der Waals surface area contributed by atoms with Crippen molar-refractivity contribution in [3.05, 3.63) is 100 Å². The smallest absolute Gasteiger partial charge is 0.261 e. The molecule has 2 amide bonds. The van der Waals surface area contributed by atoms with Gasteiger partial charge in [-0.05, 0) is 73.1 Å². The van der Waals surface area contributed by atoms with Crippen LogP contribution < -0.4 is 21.5 Å². The molecule has 3 rings (SSSR count). The summed E-state index contributed by atoms with van der Waals surface area (Å²) in [5.41, 5.74) is 9.66. The second kappa shape index (κ2) is 11.4. The van der Waals surface area contributed by atoms with Gasteiger partial charge in [-0.25, -0.2) is 0 Å². The Labute approximate surface area is 203 Å². The van der Waals surface area contributed by atoms with Crippen molar-refractivity contribution in [1.29, 1.82) is 0 Å². The summed E-state index contributed by atoms with van der Waals surface area (Å²) >= 11 is 11.2. The number of hydrazine groups is 1. The molecule has 170 valence electrons. The van der Waals surface area contributed by atoms with Crippen molar-refractivity contribution >= 4 is 46.4 Å². The van der Waals surface area contributed by atoms with E-state index in [-0.39, 0.29) is 11.0 Å². The van der Waals surface area contributed by atoms with E-state index in [4.69, 9.17) is 23.8 Å². The molecule has 3 aromatic rings. The number of carbonyl (C=O) groups excluding carboxylic acids is 2. The normalized spacial score (nSPS) is 11.2. The molecule has 0 spiro atoms. The first-order valence-corrected chi connectivity index (χ1v) is 11.2. The molecule has 6 nitrogen and oxygen atoms in total. The third-order valence-electron chi connectivity index (χ3n) is 5.16. The lowest BCUT2D eigenvalue weighted by molar-refractivity contribution is -0.123. The molecular formula is C25H25ClN4O2S. The van der Waals surface area contributed by atoms with E-state index in [1.165, 1.54) is 0 Å². The number of halogens is 1. The van der Waals surface area contributed by atoms with Crippen LogP contribution in [0.3, 0.4) is 0 Å². The van der Waals surface area contributed by atoms with Gasteiger partial charge in [0.2, 0.25) is 0 Å². The van der Waals surface area contributed by atoms with Gasteiger partial charge in [0.15, 0.2) is 5.11 Å². The molecule has 1 unspecified atom stereocenters. The predicted octanol–water partition coefficient (Wildman–Crippen LogP) is 4.32. The van der Waals surface area contributed by atoms with Crippen LogP contribution >= 0.6 is 23.8 Å². The van der Waals surface area contributed by atoms with Gasteiger partial charge in [-0.15, -0.1) is 0 Å². The van der Waals surface area contributed by atoms with Crippen molar-refractivity contribution in [2.24, 2.45) is 0 Å². The van der Waals surface area contributed by atoms with Crippen molar-refractivity contribution in [3.63, 3.8) is 0 Å². The molecule has 8 heteroatoms. The summed E-state index contributed by atoms with van der Waals surface area (Å²) in [5.74, 6) is -0.801. The standard InChI is InChI=1S/C25H25ClN4O2S/c1-16-7-6-10-21(17(16)2)28-25(33)30-29-24(32)22(15-18-8-4-3-5-9-18)27-23(31)19-11-13-20(26)14-12-19/h3-14,22H,15H2,1-2H3,(H,27,31)(H,29,32)(H2,28,30,33). The van der Waals surface area contributed by atoms with E-state index in [9.17, 15) is 9.59 Å². The molecule has 3 aromatic carbocycles. The summed E-state index contributed by atoms with van der Waals surface area (Å²) < 4.78 is 0. The van der Waals surface area contributed by atoms with Crippen molar-refractivity contribution in [2.45, 2.75) is 26.3 Å². The number of aryl methyl sites for hydroxylation is 1. The molecule has 0 saturated heterocycles. The highest BCUT2D eigenvalue weighted by Crippen LogP contribution is 2.17. The highest BCUT2D eigenvalue weighted by molar-refractivity contribution is 7.80. The molecule has 0 aliphatic heterocycles. The summed E-state index contributed by atoms with van der Waals surface area (Å²) in [6.45, 7) is 4.00. The zero-order valence-electron chi connectivity index (χ0n) is 18.3. The summed E-state index contributed by atoms with van der Waals surface area (Å²) in [4.78, 5) is 25.7. The Morgan fingerprint density at radius 3 is 2.30 bits per heavy atom. The van der Waals surface area contributed by atoms with E-state index < -0.39 is 11.9 Å². The lowest BCUT2D eigenvalue weighted by atomic mass is 10.0. The molecule has 0 heterocycles. The van der Waals surface area contributed by atoms with Crippen LogP contribution in [0.1, 0.15) is 27.0 Å². The van der Waals surface area contributed by atoms with Crippen LogP contribution in [0.15, 0.2) is 72.8 Å². The van der Waals surface area contributed by atoms with E-state index >= 15 is 0 Å². The van der Waals surface area contributed by atoms with Gasteiger partial charge in [-0.1, -0.05) is 54.1 Å². The molecule has 0 bridgehead atoms. The first-order chi connectivity index (χ1) is 15.8. The lowest BCUT2D eigenvalue weighted by Gasteiger charge is -2.20. The number of nitrogens with one attached hydrogen (secondary N) is 4. The van der Waals surface area contributed by atoms with E-state index in [0.717, 1.165) is 22.4 Å². The maximum atomic E-state index is 12.9. The van der Waals surface area contributed by atoms with Crippen LogP contribution in [0.5, 0.6) is 0 Å². The van der Waals surface area contributed by atoms with Crippen LogP contribution in [-0.4, -0.2) is 23.0 Å². The third-order valence-corrected chi connectivity index (χ3v) is 5.62. The fourth-order valence-corrected chi connectivity index (χ4v) is 3.43. The molecule has 33 heavy (non-hydrogen) atoms. The highest BCUT2D eigenvalue weighted by atomic mass is 35.5. The van der Waals surface area contributed by atoms with Gasteiger partial charge in [-0.3, -0.25) is 20.4 Å². The summed E-state index contributed by atoms with van der Waals surface area (Å²) in [7, 11) is 0. The van der Waals surface area contributed by atoms with E-state index in [1.54, 1.807) is 24.3 Å². The van der Waals surface area contributed by atoms with Gasteiger partial charge < -0.3 is 10.6 Å². The Kier molecular flexibility index (Phi) is 8.40. The Hall–Kier alpha value is -3.42. The van der Waals surface area contributed by atoms with Crippen LogP contribution in [0.25, 0.3) is 0 Å². The maximum absolute atomic E-state index is 12.9. The number of rotatable bonds is 6. The molecule has 0 aliphatic rings. The van der Waals surface area contributed by atoms with Crippen LogP contribution in [0.2, 0.25) is 5.02 Å². The number of thiocarbonyl (C=S) groups is 1. The van der Waals surface area contributed by atoms with E-state index in [1.807, 2.05) is 62.4 Å². The maximum Gasteiger partial charge on any atom is 0.261 e. The Bertz CT molecular complexity index is 1140. The van der Waals surface area contributed by atoms with Crippen molar-refractivity contribution in [3.8, 4) is 0 Å². The summed E-state index contributed by atoms with van der Waals surface area (Å²) in [6, 6.07) is 20.9. The van der Waals surface area contributed by atoms with Crippen LogP contribution in [0, 0.1) is 13.8 Å². The first kappa shape index (κ1) is 24.2. The zero-order valence-corrected chi connectivity index (χ0v) is 19.9. The molecule has 0 aromatic heterocycles. The molecule has 1 atom stereocenters. The largest absolute Gasteiger partial charge is 0.340 e. The monoisotopic (exact) mass is 480 g/mol. The molecule has 0 fully saturated rings. The fourth-order valence-electron chi connectivity index (χ4n) is 3.15. The van der Waals surface area contributed by atoms with E-state index in [2.05, 4.69) is 21.5 Å². The highest BCUT2D eigenvalue weighted by Gasteiger charge is 2.22. The minimum absolute atomic E-state index is 0.236.